The molecule has 1 aromatic heterocycles. The summed E-state index contributed by atoms with van der Waals surface area (Å²) in [6.45, 7) is 5.72. The van der Waals surface area contributed by atoms with Crippen LogP contribution in [0.15, 0.2) is 14.4 Å². The van der Waals surface area contributed by atoms with Crippen molar-refractivity contribution in [3.8, 4) is 0 Å². The SMILES string of the molecule is CO[Si](C)(CCn1c(=O)n(CC[Si](C)(OC)OC)c(=O)n(CC[Si](C)(OC)OC)c1=O)OC. The Morgan fingerprint density at radius 3 is 0.818 bits per heavy atom. The zero-order chi connectivity index (χ0) is 25.4. The Bertz CT molecular complexity index is 785. The summed E-state index contributed by atoms with van der Waals surface area (Å²) in [6.07, 6.45) is 0. The van der Waals surface area contributed by atoms with Crippen LogP contribution in [0.1, 0.15) is 0 Å². The lowest BCUT2D eigenvalue weighted by atomic mass is 10.6. The Kier molecular flexibility index (Phi) is 11.3. The summed E-state index contributed by atoms with van der Waals surface area (Å²) in [5.74, 6) is 0. The highest BCUT2D eigenvalue weighted by Gasteiger charge is 2.33. The molecule has 0 aliphatic rings. The highest BCUT2D eigenvalue weighted by molar-refractivity contribution is 6.66. The summed E-state index contributed by atoms with van der Waals surface area (Å²) in [4.78, 5) is 39.6. The molecule has 0 aliphatic heterocycles. The second-order valence-electron chi connectivity index (χ2n) is 8.18. The van der Waals surface area contributed by atoms with Crippen molar-refractivity contribution in [1.29, 1.82) is 0 Å². The van der Waals surface area contributed by atoms with Crippen molar-refractivity contribution >= 4 is 25.7 Å². The fourth-order valence-corrected chi connectivity index (χ4v) is 6.68. The van der Waals surface area contributed by atoms with Gasteiger partial charge in [0.05, 0.1) is 0 Å². The molecule has 0 saturated heterocycles. The van der Waals surface area contributed by atoms with Gasteiger partial charge < -0.3 is 26.6 Å². The van der Waals surface area contributed by atoms with Gasteiger partial charge >= 0.3 is 42.8 Å². The molecule has 1 aromatic rings. The van der Waals surface area contributed by atoms with Crippen LogP contribution in [-0.4, -0.2) is 82.0 Å². The number of nitrogens with zero attached hydrogens (tertiary/aromatic N) is 3. The smallest absolute Gasteiger partial charge is 0.336 e. The first-order valence-electron chi connectivity index (χ1n) is 10.6. The van der Waals surface area contributed by atoms with Crippen LogP contribution < -0.4 is 17.1 Å². The highest BCUT2D eigenvalue weighted by Crippen LogP contribution is 2.13. The molecule has 12 nitrogen and oxygen atoms in total. The predicted octanol–water partition coefficient (Wildman–Crippen LogP) is 0.266. The van der Waals surface area contributed by atoms with Gasteiger partial charge in [0, 0.05) is 80.4 Å². The third-order valence-corrected chi connectivity index (χ3v) is 14.9. The zero-order valence-corrected chi connectivity index (χ0v) is 24.3. The van der Waals surface area contributed by atoms with E-state index in [-0.39, 0.29) is 19.6 Å². The largest absolute Gasteiger partial charge is 0.398 e. The molecule has 0 radical (unpaired) electrons. The molecule has 1 heterocycles. The van der Waals surface area contributed by atoms with E-state index in [2.05, 4.69) is 0 Å². The minimum atomic E-state index is -2.56. The molecule has 192 valence electrons. The first-order chi connectivity index (χ1) is 15.4. The van der Waals surface area contributed by atoms with E-state index in [1.54, 1.807) is 42.7 Å². The van der Waals surface area contributed by atoms with E-state index in [0.29, 0.717) is 18.1 Å². The molecule has 0 atom stereocenters. The van der Waals surface area contributed by atoms with Gasteiger partial charge in [0.1, 0.15) is 0 Å². The van der Waals surface area contributed by atoms with Crippen molar-refractivity contribution in [3.05, 3.63) is 31.5 Å². The molecule has 0 unspecified atom stereocenters. The van der Waals surface area contributed by atoms with Crippen LogP contribution in [0.4, 0.5) is 0 Å². The molecule has 0 amide bonds. The first-order valence-corrected chi connectivity index (χ1v) is 18.2. The molecule has 15 heteroatoms. The Hall–Kier alpha value is -1.18. The maximum absolute atomic E-state index is 13.2. The highest BCUT2D eigenvalue weighted by atomic mass is 28.4. The van der Waals surface area contributed by atoms with E-state index in [9.17, 15) is 14.4 Å². The number of hydrogen-bond donors (Lipinski definition) is 0. The average Bonchev–Trinajstić information content (AvgIpc) is 2.83. The molecule has 0 aliphatic carbocycles. The average molecular weight is 526 g/mol. The lowest BCUT2D eigenvalue weighted by molar-refractivity contribution is 0.244. The molecular formula is C18H39N3O9Si3. The van der Waals surface area contributed by atoms with Crippen molar-refractivity contribution in [2.45, 2.75) is 57.4 Å². The molecule has 0 bridgehead atoms. The van der Waals surface area contributed by atoms with E-state index < -0.39 is 42.8 Å². The van der Waals surface area contributed by atoms with E-state index in [0.717, 1.165) is 13.7 Å². The van der Waals surface area contributed by atoms with E-state index in [1.165, 1.54) is 0 Å². The minimum absolute atomic E-state index is 0.0643. The fraction of sp³-hybridized carbons (Fsp3) is 0.833. The molecular weight excluding hydrogens is 486 g/mol. The Morgan fingerprint density at radius 1 is 0.485 bits per heavy atom. The monoisotopic (exact) mass is 525 g/mol. The van der Waals surface area contributed by atoms with Gasteiger partial charge in [-0.2, -0.15) is 0 Å². The molecule has 0 fully saturated rings. The topological polar surface area (TPSA) is 121 Å². The van der Waals surface area contributed by atoms with E-state index in [1.807, 2.05) is 19.6 Å². The van der Waals surface area contributed by atoms with Crippen LogP contribution in [0, 0.1) is 0 Å². The fourth-order valence-electron chi connectivity index (χ4n) is 3.06. The van der Waals surface area contributed by atoms with Gasteiger partial charge in [-0.1, -0.05) is 0 Å². The van der Waals surface area contributed by atoms with Gasteiger partial charge in [0.2, 0.25) is 0 Å². The number of aromatic nitrogens is 3. The Balaban J connectivity index is 3.52. The van der Waals surface area contributed by atoms with Gasteiger partial charge in [-0.3, -0.25) is 0 Å². The van der Waals surface area contributed by atoms with Gasteiger partial charge in [-0.25, -0.2) is 28.1 Å². The van der Waals surface area contributed by atoms with Gasteiger partial charge in [0.25, 0.3) is 0 Å². The summed E-state index contributed by atoms with van der Waals surface area (Å²) in [6, 6.07) is 1.08. The Labute approximate surface area is 197 Å². The van der Waals surface area contributed by atoms with Crippen molar-refractivity contribution < 1.29 is 26.6 Å². The third-order valence-electron chi connectivity index (χ3n) is 6.34. The lowest BCUT2D eigenvalue weighted by Gasteiger charge is -2.25. The normalized spacial score (nSPS) is 13.0. The van der Waals surface area contributed by atoms with Gasteiger partial charge in [-0.05, 0) is 19.6 Å². The van der Waals surface area contributed by atoms with Crippen LogP contribution in [0.5, 0.6) is 0 Å². The maximum Gasteiger partial charge on any atom is 0.336 e. The zero-order valence-electron chi connectivity index (χ0n) is 21.3. The summed E-state index contributed by atoms with van der Waals surface area (Å²) in [7, 11) is 1.58. The third kappa shape index (κ3) is 7.40. The quantitative estimate of drug-likeness (QED) is 0.297. The van der Waals surface area contributed by atoms with Crippen molar-refractivity contribution in [2.24, 2.45) is 0 Å². The second kappa shape index (κ2) is 12.5. The molecule has 1 rings (SSSR count). The van der Waals surface area contributed by atoms with E-state index in [4.69, 9.17) is 26.6 Å². The molecule has 0 saturated carbocycles. The van der Waals surface area contributed by atoms with Gasteiger partial charge in [0.15, 0.2) is 0 Å². The summed E-state index contributed by atoms with van der Waals surface area (Å²) >= 11 is 0. The predicted molar refractivity (Wildman–Crippen MR) is 131 cm³/mol. The molecule has 33 heavy (non-hydrogen) atoms. The van der Waals surface area contributed by atoms with Crippen LogP contribution in [-0.2, 0) is 46.2 Å². The standard InChI is InChI=1S/C18H39N3O9Si3/c1-25-31(7,26-2)13-10-19-16(22)20(11-14-32(8,27-3)28-4)18(24)21(17(19)23)12-15-33(9,29-5)30-6/h10-15H2,1-9H3. The van der Waals surface area contributed by atoms with Crippen molar-refractivity contribution in [3.63, 3.8) is 0 Å². The van der Waals surface area contributed by atoms with Crippen molar-refractivity contribution in [1.82, 2.24) is 13.7 Å². The Morgan fingerprint density at radius 2 is 0.667 bits per heavy atom. The van der Waals surface area contributed by atoms with E-state index >= 15 is 0 Å². The van der Waals surface area contributed by atoms with Crippen LogP contribution >= 0.6 is 0 Å². The summed E-state index contributed by atoms with van der Waals surface area (Å²) in [5.41, 5.74) is -2.02. The minimum Gasteiger partial charge on any atom is -0.398 e. The lowest BCUT2D eigenvalue weighted by Crippen LogP contribution is -2.56. The molecule has 0 aromatic carbocycles. The second-order valence-corrected chi connectivity index (χ2v) is 18.9. The van der Waals surface area contributed by atoms with Crippen LogP contribution in [0.25, 0.3) is 0 Å². The number of hydrogen-bond acceptors (Lipinski definition) is 9. The van der Waals surface area contributed by atoms with Crippen molar-refractivity contribution in [2.75, 3.05) is 42.7 Å². The maximum atomic E-state index is 13.2. The van der Waals surface area contributed by atoms with Crippen LogP contribution in [0.3, 0.4) is 0 Å². The van der Waals surface area contributed by atoms with Crippen LogP contribution in [0.2, 0.25) is 37.8 Å². The first kappa shape index (κ1) is 29.9. The molecule has 0 N–H and O–H groups in total. The van der Waals surface area contributed by atoms with Gasteiger partial charge in [-0.15, -0.1) is 0 Å². The molecule has 0 spiro atoms. The summed E-state index contributed by atoms with van der Waals surface area (Å²) in [5, 5.41) is 0. The summed E-state index contributed by atoms with van der Waals surface area (Å²) < 4.78 is 36.1. The number of rotatable bonds is 15.